The van der Waals surface area contributed by atoms with Gasteiger partial charge in [0.05, 0.1) is 6.07 Å². The summed E-state index contributed by atoms with van der Waals surface area (Å²) in [6.45, 7) is 0. The van der Waals surface area contributed by atoms with E-state index in [1.165, 1.54) is 35.1 Å². The zero-order chi connectivity index (χ0) is 20.6. The second kappa shape index (κ2) is 7.06. The Bertz CT molecular complexity index is 976. The number of rotatable bonds is 4. The summed E-state index contributed by atoms with van der Waals surface area (Å²) in [4.78, 5) is 33.9. The number of carboxylic acids is 3. The van der Waals surface area contributed by atoms with Crippen LogP contribution < -0.4 is 10.4 Å². The van der Waals surface area contributed by atoms with Crippen molar-refractivity contribution in [2.75, 3.05) is 0 Å². The Morgan fingerprint density at radius 3 is 2.43 bits per heavy atom. The van der Waals surface area contributed by atoms with Gasteiger partial charge in [-0.2, -0.15) is 4.58 Å². The van der Waals surface area contributed by atoms with Gasteiger partial charge in [0, 0.05) is 24.5 Å². The molecule has 3 rings (SSSR count). The zero-order valence-corrected chi connectivity index (χ0v) is 14.3. The van der Waals surface area contributed by atoms with Gasteiger partial charge in [-0.25, -0.2) is 9.59 Å². The van der Waals surface area contributed by atoms with Crippen molar-refractivity contribution >= 4 is 29.8 Å². The lowest BCUT2D eigenvalue weighted by atomic mass is 10.00. The first kappa shape index (κ1) is 19.0. The first-order chi connectivity index (χ1) is 13.2. The van der Waals surface area contributed by atoms with Crippen molar-refractivity contribution in [2.24, 2.45) is 0 Å². The van der Waals surface area contributed by atoms with Crippen LogP contribution >= 0.6 is 0 Å². The summed E-state index contributed by atoms with van der Waals surface area (Å²) in [5, 5.41) is 51.5. The molecule has 0 saturated carbocycles. The quantitative estimate of drug-likeness (QED) is 0.315. The minimum absolute atomic E-state index is 0.0138. The maximum atomic E-state index is 11.5. The van der Waals surface area contributed by atoms with Gasteiger partial charge in [-0.3, -0.25) is 0 Å². The molecule has 0 radical (unpaired) electrons. The van der Waals surface area contributed by atoms with E-state index in [-0.39, 0.29) is 24.3 Å². The number of allylic oxidation sites excluding steroid dienone is 2. The van der Waals surface area contributed by atoms with Crippen molar-refractivity contribution in [2.45, 2.75) is 24.9 Å². The third kappa shape index (κ3) is 3.52. The molecule has 5 N–H and O–H groups in total. The number of nitrogens with one attached hydrogen (secondary N) is 1. The molecule has 1 aromatic rings. The number of hydrogen-bond donors (Lipinski definition) is 5. The van der Waals surface area contributed by atoms with E-state index in [4.69, 9.17) is 10.2 Å². The van der Waals surface area contributed by atoms with E-state index in [1.54, 1.807) is 0 Å². The van der Waals surface area contributed by atoms with Crippen molar-refractivity contribution in [3.8, 4) is 11.5 Å². The molecule has 28 heavy (non-hydrogen) atoms. The van der Waals surface area contributed by atoms with Crippen LogP contribution in [0.2, 0.25) is 0 Å². The molecule has 0 bridgehead atoms. The standard InChI is InChI=1S/C18H16N2O8/c21-14-6-9-5-13(18(27)28)20(12(9)7-15(14)22)2-1-8-3-10(16(23)24)19-11(4-8)17(25)26/h1-3,6-7,11,13H,4-5H2,(H5,21,22,23,24,25,26,27,28). The highest BCUT2D eigenvalue weighted by atomic mass is 16.4. The Labute approximate surface area is 158 Å². The summed E-state index contributed by atoms with van der Waals surface area (Å²) in [7, 11) is 0. The largest absolute Gasteiger partial charge is 0.543 e. The van der Waals surface area contributed by atoms with Crippen LogP contribution in [0, 0.1) is 0 Å². The summed E-state index contributed by atoms with van der Waals surface area (Å²) in [6, 6.07) is 0.228. The number of carbonyl (C=O) groups is 3. The van der Waals surface area contributed by atoms with E-state index >= 15 is 0 Å². The van der Waals surface area contributed by atoms with Gasteiger partial charge in [-0.05, 0) is 17.7 Å². The van der Waals surface area contributed by atoms with E-state index in [0.29, 0.717) is 16.8 Å². The molecule has 2 aliphatic heterocycles. The molecule has 1 aromatic carbocycles. The summed E-state index contributed by atoms with van der Waals surface area (Å²) < 4.78 is 1.31. The number of carboxylic acid groups (broad SMARTS) is 3. The van der Waals surface area contributed by atoms with Crippen LogP contribution in [0.5, 0.6) is 11.5 Å². The third-order valence-corrected chi connectivity index (χ3v) is 4.55. The van der Waals surface area contributed by atoms with Crippen LogP contribution in [0.15, 0.2) is 35.6 Å². The highest BCUT2D eigenvalue weighted by molar-refractivity contribution is 5.89. The fourth-order valence-corrected chi connectivity index (χ4v) is 3.19. The predicted molar refractivity (Wildman–Crippen MR) is 91.2 cm³/mol. The molecule has 0 amide bonds. The van der Waals surface area contributed by atoms with Crippen LogP contribution in [0.25, 0.3) is 0 Å². The van der Waals surface area contributed by atoms with Gasteiger partial charge in [-0.1, -0.05) is 0 Å². The molecule has 2 aliphatic rings. The Balaban J connectivity index is 2.04. The molecular weight excluding hydrogens is 372 g/mol. The van der Waals surface area contributed by atoms with Gasteiger partial charge < -0.3 is 35.6 Å². The average molecular weight is 388 g/mol. The highest BCUT2D eigenvalue weighted by Gasteiger charge is 2.36. The van der Waals surface area contributed by atoms with Crippen LogP contribution in [-0.4, -0.2) is 61.2 Å². The Morgan fingerprint density at radius 2 is 1.82 bits per heavy atom. The summed E-state index contributed by atoms with van der Waals surface area (Å²) in [6.07, 6.45) is 4.05. The van der Waals surface area contributed by atoms with Crippen LogP contribution in [-0.2, 0) is 20.8 Å². The molecular formula is C18H16N2O8. The third-order valence-electron chi connectivity index (χ3n) is 4.55. The molecule has 10 heteroatoms. The molecule has 0 fully saturated rings. The molecule has 10 nitrogen and oxygen atoms in total. The van der Waals surface area contributed by atoms with E-state index in [1.807, 2.05) is 0 Å². The van der Waals surface area contributed by atoms with Gasteiger partial charge in [-0.15, -0.1) is 0 Å². The Morgan fingerprint density at radius 1 is 1.14 bits per heavy atom. The molecule has 2 atom stereocenters. The highest BCUT2D eigenvalue weighted by Crippen LogP contribution is 2.38. The molecule has 0 spiro atoms. The van der Waals surface area contributed by atoms with E-state index < -0.39 is 35.7 Å². The topological polar surface area (TPSA) is 170 Å². The van der Waals surface area contributed by atoms with Crippen molar-refractivity contribution in [1.29, 1.82) is 0 Å². The predicted octanol–water partition coefficient (Wildman–Crippen LogP) is -1.17. The first-order valence-corrected chi connectivity index (χ1v) is 8.19. The number of aliphatic carboxylic acids is 3. The van der Waals surface area contributed by atoms with E-state index in [0.717, 1.165) is 0 Å². The molecule has 146 valence electrons. The maximum Gasteiger partial charge on any atom is 0.351 e. The van der Waals surface area contributed by atoms with E-state index in [2.05, 4.69) is 5.32 Å². The number of carbonyl (C=O) groups excluding carboxylic acids is 1. The van der Waals surface area contributed by atoms with Gasteiger partial charge in [0.25, 0.3) is 0 Å². The van der Waals surface area contributed by atoms with Crippen LogP contribution in [0.3, 0.4) is 0 Å². The molecule has 0 aromatic heterocycles. The van der Waals surface area contributed by atoms with E-state index in [9.17, 15) is 29.7 Å². The second-order valence-electron chi connectivity index (χ2n) is 6.41. The number of fused-ring (bicyclic) bond motifs is 1. The second-order valence-corrected chi connectivity index (χ2v) is 6.41. The minimum atomic E-state index is -1.37. The number of phenolic OH excluding ortho intramolecular Hbond substituents is 2. The fourth-order valence-electron chi connectivity index (χ4n) is 3.19. The number of hydrogen-bond acceptors (Lipinski definition) is 7. The van der Waals surface area contributed by atoms with Gasteiger partial charge in [0.1, 0.15) is 17.7 Å². The minimum Gasteiger partial charge on any atom is -0.543 e. The fraction of sp³-hybridized carbons (Fsp3) is 0.222. The Kier molecular flexibility index (Phi) is 4.78. The van der Waals surface area contributed by atoms with Crippen LogP contribution in [0.1, 0.15) is 12.0 Å². The maximum absolute atomic E-state index is 11.5. The molecule has 2 heterocycles. The lowest BCUT2D eigenvalue weighted by molar-refractivity contribution is -0.475. The SMILES string of the molecule is O=C(O)C1=CC(=CC=[N+]2c3cc(O)c(O)cc3CC2C(=O)[O-])CC(C(=O)O)N1. The zero-order valence-electron chi connectivity index (χ0n) is 14.3. The Hall–Kier alpha value is -3.82. The van der Waals surface area contributed by atoms with Crippen molar-refractivity contribution < 1.29 is 44.5 Å². The lowest BCUT2D eigenvalue weighted by Gasteiger charge is -2.21. The molecule has 0 aliphatic carbocycles. The smallest absolute Gasteiger partial charge is 0.351 e. The monoisotopic (exact) mass is 388 g/mol. The van der Waals surface area contributed by atoms with Gasteiger partial charge in [0.2, 0.25) is 11.7 Å². The van der Waals surface area contributed by atoms with Crippen molar-refractivity contribution in [3.63, 3.8) is 0 Å². The van der Waals surface area contributed by atoms with Gasteiger partial charge >= 0.3 is 11.9 Å². The summed E-state index contributed by atoms with van der Waals surface area (Å²) in [5.74, 6) is -4.73. The molecule has 0 saturated heterocycles. The number of nitrogens with zero attached hydrogens (tertiary/aromatic N) is 1. The first-order valence-electron chi connectivity index (χ1n) is 8.19. The van der Waals surface area contributed by atoms with Crippen LogP contribution in [0.4, 0.5) is 5.69 Å². The number of phenols is 2. The number of benzene rings is 1. The van der Waals surface area contributed by atoms with Crippen molar-refractivity contribution in [3.05, 3.63) is 41.1 Å². The molecule has 2 unspecified atom stereocenters. The normalized spacial score (nSPS) is 23.8. The van der Waals surface area contributed by atoms with Gasteiger partial charge in [0.15, 0.2) is 17.7 Å². The number of aromatic hydroxyl groups is 2. The average Bonchev–Trinajstić information content (AvgIpc) is 2.97. The summed E-state index contributed by atoms with van der Waals surface area (Å²) in [5.41, 5.74) is 0.887. The summed E-state index contributed by atoms with van der Waals surface area (Å²) >= 11 is 0. The lowest BCUT2D eigenvalue weighted by Crippen LogP contribution is -2.41. The van der Waals surface area contributed by atoms with Crippen molar-refractivity contribution in [1.82, 2.24) is 5.32 Å².